The SMILES string of the molecule is CCC(C)(C)Oc1ccc(N)cc1S(=O)(=O)NC. The summed E-state index contributed by atoms with van der Waals surface area (Å²) in [6, 6.07) is 4.60. The highest BCUT2D eigenvalue weighted by Crippen LogP contribution is 2.30. The van der Waals surface area contributed by atoms with Crippen LogP contribution in [-0.2, 0) is 10.0 Å². The molecule has 18 heavy (non-hydrogen) atoms. The number of hydrogen-bond acceptors (Lipinski definition) is 4. The zero-order chi connectivity index (χ0) is 14.0. The third kappa shape index (κ3) is 3.36. The number of nitrogen functional groups attached to an aromatic ring is 1. The molecule has 0 saturated carbocycles. The summed E-state index contributed by atoms with van der Waals surface area (Å²) in [5.74, 6) is 0.311. The van der Waals surface area contributed by atoms with Gasteiger partial charge in [-0.2, -0.15) is 0 Å². The fraction of sp³-hybridized carbons (Fsp3) is 0.500. The van der Waals surface area contributed by atoms with Crippen molar-refractivity contribution < 1.29 is 13.2 Å². The molecule has 0 spiro atoms. The quantitative estimate of drug-likeness (QED) is 0.800. The van der Waals surface area contributed by atoms with Crippen molar-refractivity contribution >= 4 is 15.7 Å². The number of rotatable bonds is 5. The summed E-state index contributed by atoms with van der Waals surface area (Å²) in [6.07, 6.45) is 0.760. The van der Waals surface area contributed by atoms with E-state index in [-0.39, 0.29) is 4.90 Å². The molecule has 3 N–H and O–H groups in total. The van der Waals surface area contributed by atoms with Gasteiger partial charge >= 0.3 is 0 Å². The Labute approximate surface area is 108 Å². The first-order chi connectivity index (χ1) is 8.22. The van der Waals surface area contributed by atoms with Gasteiger partial charge in [-0.15, -0.1) is 0 Å². The lowest BCUT2D eigenvalue weighted by Gasteiger charge is -2.26. The van der Waals surface area contributed by atoms with Crippen molar-refractivity contribution in [3.8, 4) is 5.75 Å². The summed E-state index contributed by atoms with van der Waals surface area (Å²) in [5.41, 5.74) is 5.57. The first kappa shape index (κ1) is 14.8. The average Bonchev–Trinajstić information content (AvgIpc) is 2.31. The predicted molar refractivity (Wildman–Crippen MR) is 72.1 cm³/mol. The minimum Gasteiger partial charge on any atom is -0.486 e. The van der Waals surface area contributed by atoms with Gasteiger partial charge < -0.3 is 10.5 Å². The van der Waals surface area contributed by atoms with E-state index in [9.17, 15) is 8.42 Å². The summed E-state index contributed by atoms with van der Waals surface area (Å²) in [5, 5.41) is 0. The zero-order valence-electron chi connectivity index (χ0n) is 11.1. The van der Waals surface area contributed by atoms with E-state index >= 15 is 0 Å². The van der Waals surface area contributed by atoms with Gasteiger partial charge in [0, 0.05) is 5.69 Å². The van der Waals surface area contributed by atoms with Crippen molar-refractivity contribution in [3.63, 3.8) is 0 Å². The van der Waals surface area contributed by atoms with Crippen LogP contribution >= 0.6 is 0 Å². The predicted octanol–water partition coefficient (Wildman–Crippen LogP) is 1.74. The molecule has 0 unspecified atom stereocenters. The van der Waals surface area contributed by atoms with Gasteiger partial charge in [-0.05, 0) is 45.5 Å². The van der Waals surface area contributed by atoms with E-state index in [0.29, 0.717) is 11.4 Å². The largest absolute Gasteiger partial charge is 0.486 e. The molecule has 102 valence electrons. The van der Waals surface area contributed by atoms with Crippen LogP contribution in [0.25, 0.3) is 0 Å². The second-order valence-corrected chi connectivity index (χ2v) is 6.48. The van der Waals surface area contributed by atoms with Gasteiger partial charge in [-0.25, -0.2) is 13.1 Å². The minimum atomic E-state index is -3.59. The van der Waals surface area contributed by atoms with Gasteiger partial charge in [-0.1, -0.05) is 6.92 Å². The highest BCUT2D eigenvalue weighted by Gasteiger charge is 2.23. The fourth-order valence-corrected chi connectivity index (χ4v) is 2.18. The number of nitrogens with one attached hydrogen (secondary N) is 1. The van der Waals surface area contributed by atoms with Crippen LogP contribution in [0.15, 0.2) is 23.1 Å². The Morgan fingerprint density at radius 2 is 2.00 bits per heavy atom. The van der Waals surface area contributed by atoms with Crippen molar-refractivity contribution in [2.75, 3.05) is 12.8 Å². The van der Waals surface area contributed by atoms with Crippen molar-refractivity contribution in [1.82, 2.24) is 4.72 Å². The summed E-state index contributed by atoms with van der Waals surface area (Å²) in [4.78, 5) is 0.0616. The molecule has 6 heteroatoms. The third-order valence-corrected chi connectivity index (χ3v) is 4.20. The lowest BCUT2D eigenvalue weighted by molar-refractivity contribution is 0.101. The molecule has 0 aliphatic rings. The summed E-state index contributed by atoms with van der Waals surface area (Å²) in [6.45, 7) is 5.78. The summed E-state index contributed by atoms with van der Waals surface area (Å²) >= 11 is 0. The zero-order valence-corrected chi connectivity index (χ0v) is 12.0. The molecule has 1 rings (SSSR count). The molecule has 0 atom stereocenters. The number of sulfonamides is 1. The number of anilines is 1. The summed E-state index contributed by atoms with van der Waals surface area (Å²) in [7, 11) is -2.23. The Morgan fingerprint density at radius 3 is 2.50 bits per heavy atom. The minimum absolute atomic E-state index is 0.0616. The molecule has 5 nitrogen and oxygen atoms in total. The highest BCUT2D eigenvalue weighted by molar-refractivity contribution is 7.89. The maximum atomic E-state index is 11.9. The molecule has 0 amide bonds. The third-order valence-electron chi connectivity index (χ3n) is 2.76. The monoisotopic (exact) mass is 272 g/mol. The van der Waals surface area contributed by atoms with E-state index in [2.05, 4.69) is 4.72 Å². The molecule has 0 saturated heterocycles. The number of nitrogens with two attached hydrogens (primary N) is 1. The van der Waals surface area contributed by atoms with Crippen molar-refractivity contribution in [3.05, 3.63) is 18.2 Å². The van der Waals surface area contributed by atoms with E-state index in [1.165, 1.54) is 13.1 Å². The van der Waals surface area contributed by atoms with Gasteiger partial charge in [-0.3, -0.25) is 0 Å². The van der Waals surface area contributed by atoms with Crippen molar-refractivity contribution in [2.45, 2.75) is 37.7 Å². The maximum Gasteiger partial charge on any atom is 0.244 e. The van der Waals surface area contributed by atoms with Crippen LogP contribution in [0.4, 0.5) is 5.69 Å². The van der Waals surface area contributed by atoms with Gasteiger partial charge in [0.2, 0.25) is 10.0 Å². The molecule has 0 bridgehead atoms. The number of benzene rings is 1. The van der Waals surface area contributed by atoms with Crippen LogP contribution in [0.2, 0.25) is 0 Å². The van der Waals surface area contributed by atoms with Gasteiger partial charge in [0.05, 0.1) is 0 Å². The lowest BCUT2D eigenvalue weighted by atomic mass is 10.1. The van der Waals surface area contributed by atoms with Crippen LogP contribution < -0.4 is 15.2 Å². The van der Waals surface area contributed by atoms with Crippen molar-refractivity contribution in [2.24, 2.45) is 0 Å². The molecule has 0 heterocycles. The normalized spacial score (nSPS) is 12.4. The number of hydrogen-bond donors (Lipinski definition) is 2. The molecule has 0 aliphatic carbocycles. The smallest absolute Gasteiger partial charge is 0.244 e. The Kier molecular flexibility index (Phi) is 4.24. The van der Waals surface area contributed by atoms with Crippen LogP contribution in [0.3, 0.4) is 0 Å². The van der Waals surface area contributed by atoms with E-state index in [1.54, 1.807) is 12.1 Å². The second kappa shape index (κ2) is 5.16. The summed E-state index contributed by atoms with van der Waals surface area (Å²) < 4.78 is 31.8. The van der Waals surface area contributed by atoms with Crippen LogP contribution in [0, 0.1) is 0 Å². The molecular weight excluding hydrogens is 252 g/mol. The fourth-order valence-electron chi connectivity index (χ4n) is 1.30. The Morgan fingerprint density at radius 1 is 1.39 bits per heavy atom. The van der Waals surface area contributed by atoms with Gasteiger partial charge in [0.15, 0.2) is 0 Å². The van der Waals surface area contributed by atoms with E-state index in [0.717, 1.165) is 6.42 Å². The van der Waals surface area contributed by atoms with E-state index in [1.807, 2.05) is 20.8 Å². The van der Waals surface area contributed by atoms with Crippen LogP contribution in [-0.4, -0.2) is 21.1 Å². The topological polar surface area (TPSA) is 81.4 Å². The molecule has 1 aromatic carbocycles. The first-order valence-corrected chi connectivity index (χ1v) is 7.22. The standard InChI is InChI=1S/C12H20N2O3S/c1-5-12(2,3)17-10-7-6-9(13)8-11(10)18(15,16)14-4/h6-8,14H,5,13H2,1-4H3. The second-order valence-electron chi connectivity index (χ2n) is 4.63. The number of ether oxygens (including phenoxy) is 1. The molecule has 0 aromatic heterocycles. The Balaban J connectivity index is 3.29. The highest BCUT2D eigenvalue weighted by atomic mass is 32.2. The van der Waals surface area contributed by atoms with Gasteiger partial charge in [0.25, 0.3) is 0 Å². The average molecular weight is 272 g/mol. The van der Waals surface area contributed by atoms with Crippen molar-refractivity contribution in [1.29, 1.82) is 0 Å². The Hall–Kier alpha value is -1.27. The molecule has 0 fully saturated rings. The van der Waals surface area contributed by atoms with E-state index < -0.39 is 15.6 Å². The van der Waals surface area contributed by atoms with Crippen LogP contribution in [0.5, 0.6) is 5.75 Å². The van der Waals surface area contributed by atoms with Crippen LogP contribution in [0.1, 0.15) is 27.2 Å². The maximum absolute atomic E-state index is 11.9. The van der Waals surface area contributed by atoms with E-state index in [4.69, 9.17) is 10.5 Å². The molecular formula is C12H20N2O3S. The lowest BCUT2D eigenvalue weighted by Crippen LogP contribution is -2.28. The molecule has 0 radical (unpaired) electrons. The van der Waals surface area contributed by atoms with Gasteiger partial charge in [0.1, 0.15) is 16.2 Å². The Bertz CT molecular complexity index is 524. The first-order valence-electron chi connectivity index (χ1n) is 5.74. The molecule has 1 aromatic rings. The molecule has 0 aliphatic heterocycles.